The molecular weight excluding hydrogens is 308 g/mol. The number of nitrogens with one attached hydrogen (secondary N) is 1. The van der Waals surface area contributed by atoms with Crippen molar-refractivity contribution in [3.63, 3.8) is 0 Å². The van der Waals surface area contributed by atoms with Crippen LogP contribution in [0.4, 0.5) is 0 Å². The molecule has 2 rings (SSSR count). The van der Waals surface area contributed by atoms with Crippen LogP contribution in [0.2, 0.25) is 0 Å². The zero-order valence-electron chi connectivity index (χ0n) is 12.4. The van der Waals surface area contributed by atoms with Gasteiger partial charge in [0.05, 0.1) is 7.11 Å². The van der Waals surface area contributed by atoms with Crippen molar-refractivity contribution in [3.05, 3.63) is 47.3 Å². The molecule has 0 radical (unpaired) electrons. The van der Waals surface area contributed by atoms with E-state index in [1.807, 2.05) is 0 Å². The molecule has 0 aliphatic heterocycles. The average Bonchev–Trinajstić information content (AvgIpc) is 2.84. The van der Waals surface area contributed by atoms with Crippen LogP contribution in [0.15, 0.2) is 39.8 Å². The lowest BCUT2D eigenvalue weighted by atomic mass is 10.1. The number of carbonyl (C=O) groups excluding carboxylic acids is 1. The number of benzene rings is 1. The van der Waals surface area contributed by atoms with E-state index in [9.17, 15) is 13.2 Å². The lowest BCUT2D eigenvalue weighted by molar-refractivity contribution is -0.142. The Labute approximate surface area is 128 Å². The SMILES string of the molecule is COC(=O)C(NS(=O)(=O)c1c(C)noc1C)c1ccccc1. The molecule has 22 heavy (non-hydrogen) atoms. The van der Waals surface area contributed by atoms with Crippen molar-refractivity contribution in [1.82, 2.24) is 9.88 Å². The van der Waals surface area contributed by atoms with Crippen LogP contribution >= 0.6 is 0 Å². The van der Waals surface area contributed by atoms with Crippen molar-refractivity contribution < 1.29 is 22.5 Å². The Hall–Kier alpha value is -2.19. The van der Waals surface area contributed by atoms with E-state index < -0.39 is 22.0 Å². The highest BCUT2D eigenvalue weighted by atomic mass is 32.2. The molecule has 1 aromatic carbocycles. The van der Waals surface area contributed by atoms with Crippen LogP contribution in [0, 0.1) is 13.8 Å². The number of rotatable bonds is 5. The molecule has 0 aliphatic rings. The van der Waals surface area contributed by atoms with Gasteiger partial charge in [-0.05, 0) is 19.4 Å². The molecule has 0 saturated heterocycles. The second-order valence-electron chi connectivity index (χ2n) is 4.64. The molecule has 1 unspecified atom stereocenters. The largest absolute Gasteiger partial charge is 0.468 e. The predicted molar refractivity (Wildman–Crippen MR) is 77.5 cm³/mol. The number of aromatic nitrogens is 1. The lowest BCUT2D eigenvalue weighted by Gasteiger charge is -2.16. The van der Waals surface area contributed by atoms with Gasteiger partial charge in [-0.25, -0.2) is 13.2 Å². The van der Waals surface area contributed by atoms with Gasteiger partial charge in [-0.2, -0.15) is 4.72 Å². The van der Waals surface area contributed by atoms with Gasteiger partial charge in [0.15, 0.2) is 5.76 Å². The van der Waals surface area contributed by atoms with Gasteiger partial charge < -0.3 is 9.26 Å². The summed E-state index contributed by atoms with van der Waals surface area (Å²) >= 11 is 0. The number of sulfonamides is 1. The molecule has 1 N–H and O–H groups in total. The molecule has 0 bridgehead atoms. The Morgan fingerprint density at radius 1 is 1.27 bits per heavy atom. The molecule has 0 spiro atoms. The van der Waals surface area contributed by atoms with Gasteiger partial charge in [0, 0.05) is 0 Å². The minimum absolute atomic E-state index is 0.0719. The first-order valence-corrected chi connectivity index (χ1v) is 7.93. The molecule has 0 fully saturated rings. The van der Waals surface area contributed by atoms with Gasteiger partial charge in [-0.3, -0.25) is 0 Å². The minimum atomic E-state index is -3.99. The fourth-order valence-corrected chi connectivity index (χ4v) is 3.59. The van der Waals surface area contributed by atoms with E-state index in [1.165, 1.54) is 21.0 Å². The molecule has 0 amide bonds. The van der Waals surface area contributed by atoms with E-state index in [0.29, 0.717) is 5.56 Å². The number of nitrogens with zero attached hydrogens (tertiary/aromatic N) is 1. The average molecular weight is 324 g/mol. The number of aryl methyl sites for hydroxylation is 2. The second kappa shape index (κ2) is 6.29. The molecule has 0 saturated carbocycles. The maximum absolute atomic E-state index is 12.5. The number of esters is 1. The van der Waals surface area contributed by atoms with Crippen molar-refractivity contribution >= 4 is 16.0 Å². The quantitative estimate of drug-likeness (QED) is 0.837. The van der Waals surface area contributed by atoms with Gasteiger partial charge >= 0.3 is 5.97 Å². The molecule has 8 heteroatoms. The van der Waals surface area contributed by atoms with Crippen molar-refractivity contribution in [1.29, 1.82) is 0 Å². The first kappa shape index (κ1) is 16.2. The first-order chi connectivity index (χ1) is 10.4. The van der Waals surface area contributed by atoms with E-state index in [0.717, 1.165) is 0 Å². The fourth-order valence-electron chi connectivity index (χ4n) is 2.09. The van der Waals surface area contributed by atoms with E-state index in [2.05, 4.69) is 14.6 Å². The number of methoxy groups -OCH3 is 1. The zero-order valence-corrected chi connectivity index (χ0v) is 13.2. The van der Waals surface area contributed by atoms with Crippen LogP contribution in [-0.4, -0.2) is 26.7 Å². The van der Waals surface area contributed by atoms with Crippen molar-refractivity contribution in [2.75, 3.05) is 7.11 Å². The van der Waals surface area contributed by atoms with Crippen LogP contribution < -0.4 is 4.72 Å². The van der Waals surface area contributed by atoms with Gasteiger partial charge in [0.1, 0.15) is 16.6 Å². The number of hydrogen-bond acceptors (Lipinski definition) is 6. The third-order valence-electron chi connectivity index (χ3n) is 3.08. The highest BCUT2D eigenvalue weighted by Crippen LogP contribution is 2.23. The summed E-state index contributed by atoms with van der Waals surface area (Å²) in [7, 11) is -2.79. The molecule has 1 atom stereocenters. The Morgan fingerprint density at radius 3 is 2.41 bits per heavy atom. The highest BCUT2D eigenvalue weighted by molar-refractivity contribution is 7.89. The van der Waals surface area contributed by atoms with Crippen LogP contribution in [0.25, 0.3) is 0 Å². The normalized spacial score (nSPS) is 12.9. The summed E-state index contributed by atoms with van der Waals surface area (Å²) in [5.41, 5.74) is 0.700. The fraction of sp³-hybridized carbons (Fsp3) is 0.286. The Morgan fingerprint density at radius 2 is 1.91 bits per heavy atom. The van der Waals surface area contributed by atoms with Crippen LogP contribution in [0.5, 0.6) is 0 Å². The van der Waals surface area contributed by atoms with Crippen LogP contribution in [0.1, 0.15) is 23.1 Å². The standard InChI is InChI=1S/C14H16N2O5S/c1-9-13(10(2)21-15-9)22(18,19)16-12(14(17)20-3)11-7-5-4-6-8-11/h4-8,12,16H,1-3H3. The molecule has 7 nitrogen and oxygen atoms in total. The monoisotopic (exact) mass is 324 g/mol. The van der Waals surface area contributed by atoms with E-state index in [4.69, 9.17) is 4.52 Å². The Kier molecular flexibility index (Phi) is 4.62. The van der Waals surface area contributed by atoms with Crippen LogP contribution in [0.3, 0.4) is 0 Å². The maximum Gasteiger partial charge on any atom is 0.328 e. The molecule has 0 aliphatic carbocycles. The Bertz CT molecular complexity index is 748. The summed E-state index contributed by atoms with van der Waals surface area (Å²) in [6, 6.07) is 7.30. The number of carbonyl (C=O) groups is 1. The number of hydrogen-bond donors (Lipinski definition) is 1. The minimum Gasteiger partial charge on any atom is -0.468 e. The zero-order chi connectivity index (χ0) is 16.3. The van der Waals surface area contributed by atoms with Gasteiger partial charge in [0.25, 0.3) is 0 Å². The van der Waals surface area contributed by atoms with Crippen LogP contribution in [-0.2, 0) is 19.6 Å². The highest BCUT2D eigenvalue weighted by Gasteiger charge is 2.31. The molecule has 118 valence electrons. The summed E-state index contributed by atoms with van der Waals surface area (Å²) in [5.74, 6) is -0.553. The van der Waals surface area contributed by atoms with E-state index in [-0.39, 0.29) is 16.3 Å². The Balaban J connectivity index is 2.41. The molecular formula is C14H16N2O5S. The summed E-state index contributed by atoms with van der Waals surface area (Å²) in [4.78, 5) is 11.9. The molecule has 2 aromatic rings. The summed E-state index contributed by atoms with van der Waals surface area (Å²) < 4.78 is 36.9. The van der Waals surface area contributed by atoms with Crippen molar-refractivity contribution in [3.8, 4) is 0 Å². The second-order valence-corrected chi connectivity index (χ2v) is 6.29. The summed E-state index contributed by atoms with van der Waals surface area (Å²) in [5, 5.41) is 3.62. The predicted octanol–water partition coefficient (Wildman–Crippen LogP) is 1.48. The number of ether oxygens (including phenoxy) is 1. The topological polar surface area (TPSA) is 98.5 Å². The van der Waals surface area contributed by atoms with Gasteiger partial charge in [-0.15, -0.1) is 0 Å². The summed E-state index contributed by atoms with van der Waals surface area (Å²) in [6.07, 6.45) is 0. The van der Waals surface area contributed by atoms with E-state index >= 15 is 0 Å². The van der Waals surface area contributed by atoms with Crippen molar-refractivity contribution in [2.24, 2.45) is 0 Å². The molecule has 1 aromatic heterocycles. The maximum atomic E-state index is 12.5. The smallest absolute Gasteiger partial charge is 0.328 e. The molecule has 1 heterocycles. The third kappa shape index (κ3) is 3.18. The lowest BCUT2D eigenvalue weighted by Crippen LogP contribution is -2.35. The van der Waals surface area contributed by atoms with E-state index in [1.54, 1.807) is 30.3 Å². The third-order valence-corrected chi connectivity index (χ3v) is 4.75. The first-order valence-electron chi connectivity index (χ1n) is 6.45. The van der Waals surface area contributed by atoms with Crippen molar-refractivity contribution in [2.45, 2.75) is 24.8 Å². The van der Waals surface area contributed by atoms with Gasteiger partial charge in [0.2, 0.25) is 10.0 Å². The van der Waals surface area contributed by atoms with Gasteiger partial charge in [-0.1, -0.05) is 35.5 Å². The summed E-state index contributed by atoms with van der Waals surface area (Å²) in [6.45, 7) is 3.00.